The van der Waals surface area contributed by atoms with Crippen LogP contribution in [0.5, 0.6) is 5.75 Å². The number of nitrogens with one attached hydrogen (secondary N) is 1. The molecule has 0 radical (unpaired) electrons. The van der Waals surface area contributed by atoms with Gasteiger partial charge in [-0.05, 0) is 62.4 Å². The molecule has 2 atom stereocenters. The molecule has 0 heterocycles. The van der Waals surface area contributed by atoms with Crippen LogP contribution >= 0.6 is 0 Å². The third-order valence-electron chi connectivity index (χ3n) is 6.27. The van der Waals surface area contributed by atoms with E-state index in [2.05, 4.69) is 30.6 Å². The van der Waals surface area contributed by atoms with Crippen molar-refractivity contribution in [3.8, 4) is 5.75 Å². The summed E-state index contributed by atoms with van der Waals surface area (Å²) in [6.45, 7) is 0. The second-order valence-corrected chi connectivity index (χ2v) is 7.26. The first kappa shape index (κ1) is 13.6. The molecule has 2 nitrogen and oxygen atoms in total. The highest BCUT2D eigenvalue weighted by Crippen LogP contribution is 2.53. The van der Waals surface area contributed by atoms with Crippen LogP contribution < -0.4 is 10.1 Å². The minimum atomic E-state index is 0.409. The molecule has 1 aromatic carbocycles. The number of aryl methyl sites for hydroxylation is 2. The molecule has 114 valence electrons. The molecular weight excluding hydrogens is 258 g/mol. The van der Waals surface area contributed by atoms with Crippen molar-refractivity contribution in [1.29, 1.82) is 0 Å². The summed E-state index contributed by atoms with van der Waals surface area (Å²) in [6, 6.07) is 7.47. The van der Waals surface area contributed by atoms with Gasteiger partial charge in [0, 0.05) is 17.9 Å². The van der Waals surface area contributed by atoms with Gasteiger partial charge in [-0.15, -0.1) is 0 Å². The summed E-state index contributed by atoms with van der Waals surface area (Å²) in [5.74, 6) is 1.11. The Kier molecular flexibility index (Phi) is 3.45. The molecule has 3 aliphatic rings. The maximum Gasteiger partial charge on any atom is 0.120 e. The lowest BCUT2D eigenvalue weighted by Crippen LogP contribution is -2.64. The average molecular weight is 285 g/mol. The molecule has 0 amide bonds. The topological polar surface area (TPSA) is 21.3 Å². The van der Waals surface area contributed by atoms with E-state index in [1.165, 1.54) is 68.9 Å². The molecule has 2 unspecified atom stereocenters. The Hall–Kier alpha value is -1.02. The quantitative estimate of drug-likeness (QED) is 0.910. The highest BCUT2D eigenvalue weighted by atomic mass is 16.5. The normalized spacial score (nSPS) is 30.0. The molecule has 0 aliphatic heterocycles. The van der Waals surface area contributed by atoms with Gasteiger partial charge in [0.05, 0.1) is 0 Å². The van der Waals surface area contributed by atoms with Gasteiger partial charge in [-0.2, -0.15) is 0 Å². The van der Waals surface area contributed by atoms with Crippen molar-refractivity contribution in [3.05, 3.63) is 29.3 Å². The van der Waals surface area contributed by atoms with Crippen molar-refractivity contribution in [1.82, 2.24) is 5.32 Å². The average Bonchev–Trinajstić information content (AvgIpc) is 2.99. The van der Waals surface area contributed by atoms with E-state index in [9.17, 15) is 0 Å². The summed E-state index contributed by atoms with van der Waals surface area (Å²) in [6.07, 6.45) is 12.2. The number of fused-ring (bicyclic) bond motifs is 1. The van der Waals surface area contributed by atoms with Gasteiger partial charge in [0.15, 0.2) is 0 Å². The molecule has 0 bridgehead atoms. The molecule has 1 N–H and O–H groups in total. The standard InChI is InChI=1S/C19H27NO/c1-20-17-13-18(19(17)10-3-2-4-11-19)21-16-9-8-14-6-5-7-15(14)12-16/h8-9,12,17-18,20H,2-7,10-11,13H2,1H3. The zero-order valence-corrected chi connectivity index (χ0v) is 13.2. The Bertz CT molecular complexity index is 518. The molecule has 0 aromatic heterocycles. The molecule has 3 aliphatic carbocycles. The Morgan fingerprint density at radius 1 is 1.05 bits per heavy atom. The SMILES string of the molecule is CNC1CC(Oc2ccc3c(c2)CCC3)C12CCCCC2. The Labute approximate surface area is 128 Å². The second kappa shape index (κ2) is 5.31. The van der Waals surface area contributed by atoms with Crippen LogP contribution in [0.25, 0.3) is 0 Å². The summed E-state index contributed by atoms with van der Waals surface area (Å²) in [5, 5.41) is 3.54. The maximum absolute atomic E-state index is 6.46. The smallest absolute Gasteiger partial charge is 0.120 e. The predicted octanol–water partition coefficient (Wildman–Crippen LogP) is 3.86. The first-order chi connectivity index (χ1) is 10.3. The van der Waals surface area contributed by atoms with Gasteiger partial charge in [0.1, 0.15) is 11.9 Å². The molecule has 1 spiro atoms. The van der Waals surface area contributed by atoms with Crippen molar-refractivity contribution in [3.63, 3.8) is 0 Å². The maximum atomic E-state index is 6.46. The van der Waals surface area contributed by atoms with Gasteiger partial charge in [-0.1, -0.05) is 25.3 Å². The molecule has 2 fully saturated rings. The first-order valence-electron chi connectivity index (χ1n) is 8.77. The van der Waals surface area contributed by atoms with Crippen LogP contribution in [-0.2, 0) is 12.8 Å². The summed E-state index contributed by atoms with van der Waals surface area (Å²) < 4.78 is 6.46. The molecule has 2 heteroatoms. The first-order valence-corrected chi connectivity index (χ1v) is 8.77. The fourth-order valence-corrected chi connectivity index (χ4v) is 4.98. The monoisotopic (exact) mass is 285 g/mol. The van der Waals surface area contributed by atoms with Gasteiger partial charge in [0.2, 0.25) is 0 Å². The van der Waals surface area contributed by atoms with E-state index >= 15 is 0 Å². The number of hydrogen-bond acceptors (Lipinski definition) is 2. The molecular formula is C19H27NO. The zero-order chi connectivity index (χ0) is 14.3. The van der Waals surface area contributed by atoms with Gasteiger partial charge in [-0.3, -0.25) is 0 Å². The summed E-state index contributed by atoms with van der Waals surface area (Å²) in [7, 11) is 2.12. The van der Waals surface area contributed by atoms with Crippen molar-refractivity contribution < 1.29 is 4.74 Å². The Balaban J connectivity index is 1.51. The highest BCUT2D eigenvalue weighted by Gasteiger charge is 2.55. The summed E-state index contributed by atoms with van der Waals surface area (Å²) >= 11 is 0. The van der Waals surface area contributed by atoms with Crippen LogP contribution in [-0.4, -0.2) is 19.2 Å². The van der Waals surface area contributed by atoms with Gasteiger partial charge in [0.25, 0.3) is 0 Å². The second-order valence-electron chi connectivity index (χ2n) is 7.26. The lowest BCUT2D eigenvalue weighted by atomic mass is 9.55. The van der Waals surface area contributed by atoms with E-state index in [-0.39, 0.29) is 0 Å². The molecule has 0 saturated heterocycles. The Morgan fingerprint density at radius 3 is 2.67 bits per heavy atom. The fourth-order valence-electron chi connectivity index (χ4n) is 4.98. The van der Waals surface area contributed by atoms with Crippen molar-refractivity contribution in [2.75, 3.05) is 7.05 Å². The third-order valence-corrected chi connectivity index (χ3v) is 6.27. The van der Waals surface area contributed by atoms with Crippen molar-refractivity contribution >= 4 is 0 Å². The van der Waals surface area contributed by atoms with E-state index in [0.717, 1.165) is 5.75 Å². The van der Waals surface area contributed by atoms with E-state index in [0.29, 0.717) is 17.6 Å². The van der Waals surface area contributed by atoms with Crippen LogP contribution in [0.2, 0.25) is 0 Å². The minimum Gasteiger partial charge on any atom is -0.490 e. The van der Waals surface area contributed by atoms with Gasteiger partial charge < -0.3 is 10.1 Å². The van der Waals surface area contributed by atoms with Crippen LogP contribution in [0.4, 0.5) is 0 Å². The lowest BCUT2D eigenvalue weighted by molar-refractivity contribution is -0.100. The third kappa shape index (κ3) is 2.19. The minimum absolute atomic E-state index is 0.409. The summed E-state index contributed by atoms with van der Waals surface area (Å²) in [4.78, 5) is 0. The van der Waals surface area contributed by atoms with Gasteiger partial charge >= 0.3 is 0 Å². The van der Waals surface area contributed by atoms with Gasteiger partial charge in [-0.25, -0.2) is 0 Å². The molecule has 4 rings (SSSR count). The number of benzene rings is 1. The van der Waals surface area contributed by atoms with Crippen LogP contribution in [0, 0.1) is 5.41 Å². The summed E-state index contributed by atoms with van der Waals surface area (Å²) in [5.41, 5.74) is 3.47. The molecule has 21 heavy (non-hydrogen) atoms. The van der Waals surface area contributed by atoms with Crippen molar-refractivity contribution in [2.45, 2.75) is 69.9 Å². The van der Waals surface area contributed by atoms with E-state index in [1.807, 2.05) is 0 Å². The van der Waals surface area contributed by atoms with Crippen molar-refractivity contribution in [2.24, 2.45) is 5.41 Å². The van der Waals surface area contributed by atoms with Crippen LogP contribution in [0.15, 0.2) is 18.2 Å². The zero-order valence-electron chi connectivity index (χ0n) is 13.2. The fraction of sp³-hybridized carbons (Fsp3) is 0.684. The van der Waals surface area contributed by atoms with E-state index in [4.69, 9.17) is 4.74 Å². The molecule has 2 saturated carbocycles. The van der Waals surface area contributed by atoms with E-state index < -0.39 is 0 Å². The van der Waals surface area contributed by atoms with Crippen LogP contribution in [0.1, 0.15) is 56.1 Å². The largest absolute Gasteiger partial charge is 0.490 e. The highest BCUT2D eigenvalue weighted by molar-refractivity contribution is 5.38. The number of ether oxygens (including phenoxy) is 1. The number of hydrogen-bond donors (Lipinski definition) is 1. The van der Waals surface area contributed by atoms with Crippen LogP contribution in [0.3, 0.4) is 0 Å². The molecule has 1 aromatic rings. The lowest BCUT2D eigenvalue weighted by Gasteiger charge is -2.57. The number of rotatable bonds is 3. The Morgan fingerprint density at radius 2 is 1.86 bits per heavy atom. The van der Waals surface area contributed by atoms with E-state index in [1.54, 1.807) is 0 Å². The predicted molar refractivity (Wildman–Crippen MR) is 85.9 cm³/mol.